The molecule has 1 heterocycles. The monoisotopic (exact) mass is 169 g/mol. The number of carbonyl (C=O) groups is 2. The molecule has 1 fully saturated rings. The van der Waals surface area contributed by atoms with Gasteiger partial charge in [-0.15, -0.1) is 0 Å². The third-order valence-electron chi connectivity index (χ3n) is 2.20. The largest absolute Gasteiger partial charge is 0.336 e. The third kappa shape index (κ3) is 2.06. The van der Waals surface area contributed by atoms with Crippen LogP contribution in [0.25, 0.3) is 0 Å². The Morgan fingerprint density at radius 2 is 1.75 bits per heavy atom. The number of hydrogen-bond donors (Lipinski definition) is 0. The van der Waals surface area contributed by atoms with E-state index in [0.29, 0.717) is 6.42 Å². The van der Waals surface area contributed by atoms with Gasteiger partial charge in [0.05, 0.1) is 0 Å². The van der Waals surface area contributed by atoms with E-state index in [0.717, 1.165) is 25.9 Å². The molecule has 0 radical (unpaired) electrons. The zero-order valence-corrected chi connectivity index (χ0v) is 7.51. The lowest BCUT2D eigenvalue weighted by Crippen LogP contribution is -2.39. The van der Waals surface area contributed by atoms with E-state index < -0.39 is 0 Å². The summed E-state index contributed by atoms with van der Waals surface area (Å²) in [5.74, 6) is -0.533. The van der Waals surface area contributed by atoms with Crippen molar-refractivity contribution in [2.24, 2.45) is 0 Å². The first-order valence-corrected chi connectivity index (χ1v) is 4.57. The van der Waals surface area contributed by atoms with Crippen molar-refractivity contribution in [1.29, 1.82) is 0 Å². The molecule has 68 valence electrons. The molecule has 0 aromatic heterocycles. The van der Waals surface area contributed by atoms with Crippen LogP contribution in [0.4, 0.5) is 0 Å². The van der Waals surface area contributed by atoms with Gasteiger partial charge in [-0.25, -0.2) is 0 Å². The molecule has 0 atom stereocenters. The van der Waals surface area contributed by atoms with Crippen LogP contribution in [0.3, 0.4) is 0 Å². The number of piperidine rings is 1. The second-order valence-electron chi connectivity index (χ2n) is 3.13. The van der Waals surface area contributed by atoms with Gasteiger partial charge in [0.1, 0.15) is 0 Å². The lowest BCUT2D eigenvalue weighted by Gasteiger charge is -2.25. The molecular weight excluding hydrogens is 154 g/mol. The van der Waals surface area contributed by atoms with Gasteiger partial charge in [-0.3, -0.25) is 9.59 Å². The highest BCUT2D eigenvalue weighted by Gasteiger charge is 2.21. The Hall–Kier alpha value is -0.860. The van der Waals surface area contributed by atoms with Crippen molar-refractivity contribution in [2.75, 3.05) is 13.1 Å². The maximum atomic E-state index is 11.3. The Kier molecular flexibility index (Phi) is 3.26. The highest BCUT2D eigenvalue weighted by molar-refractivity contribution is 6.35. The first kappa shape index (κ1) is 9.23. The summed E-state index contributed by atoms with van der Waals surface area (Å²) in [5, 5.41) is 0. The predicted molar refractivity (Wildman–Crippen MR) is 45.7 cm³/mol. The summed E-state index contributed by atoms with van der Waals surface area (Å²) in [4.78, 5) is 24.0. The summed E-state index contributed by atoms with van der Waals surface area (Å²) in [5.41, 5.74) is 0. The van der Waals surface area contributed by atoms with Crippen LogP contribution in [-0.2, 0) is 9.59 Å². The Labute approximate surface area is 72.7 Å². The van der Waals surface area contributed by atoms with Crippen molar-refractivity contribution >= 4 is 11.7 Å². The highest BCUT2D eigenvalue weighted by Crippen LogP contribution is 2.09. The lowest BCUT2D eigenvalue weighted by molar-refractivity contribution is -0.145. The molecular formula is C9H15NO2. The van der Waals surface area contributed by atoms with E-state index in [1.165, 1.54) is 6.42 Å². The molecule has 0 aromatic rings. The first-order chi connectivity index (χ1) is 5.75. The van der Waals surface area contributed by atoms with Crippen LogP contribution in [0.2, 0.25) is 0 Å². The van der Waals surface area contributed by atoms with Crippen LogP contribution in [0, 0.1) is 0 Å². The molecule has 0 unspecified atom stereocenters. The van der Waals surface area contributed by atoms with Crippen molar-refractivity contribution in [3.05, 3.63) is 0 Å². The van der Waals surface area contributed by atoms with Crippen LogP contribution in [0.15, 0.2) is 0 Å². The van der Waals surface area contributed by atoms with Gasteiger partial charge in [-0.1, -0.05) is 6.92 Å². The van der Waals surface area contributed by atoms with Gasteiger partial charge in [0.25, 0.3) is 5.91 Å². The average Bonchev–Trinajstić information content (AvgIpc) is 2.17. The van der Waals surface area contributed by atoms with Crippen LogP contribution >= 0.6 is 0 Å². The van der Waals surface area contributed by atoms with Gasteiger partial charge in [-0.05, 0) is 19.3 Å². The van der Waals surface area contributed by atoms with Crippen molar-refractivity contribution in [3.63, 3.8) is 0 Å². The normalized spacial score (nSPS) is 17.6. The van der Waals surface area contributed by atoms with E-state index in [9.17, 15) is 9.59 Å². The predicted octanol–water partition coefficient (Wildman–Crippen LogP) is 0.978. The number of nitrogens with zero attached hydrogens (tertiary/aromatic N) is 1. The van der Waals surface area contributed by atoms with Gasteiger partial charge in [0, 0.05) is 19.5 Å². The van der Waals surface area contributed by atoms with Crippen LogP contribution in [0.5, 0.6) is 0 Å². The van der Waals surface area contributed by atoms with E-state index in [4.69, 9.17) is 0 Å². The van der Waals surface area contributed by atoms with Crippen LogP contribution < -0.4 is 0 Å². The number of Topliss-reactive ketones (excluding diaryl/α,β-unsaturated/α-hetero) is 1. The van der Waals surface area contributed by atoms with Crippen molar-refractivity contribution in [2.45, 2.75) is 32.6 Å². The summed E-state index contributed by atoms with van der Waals surface area (Å²) >= 11 is 0. The molecule has 1 aliphatic rings. The standard InChI is InChI=1S/C9H15NO2/c1-2-8(11)9(12)10-6-4-3-5-7-10/h2-7H2,1H3. The van der Waals surface area contributed by atoms with Crippen LogP contribution in [0.1, 0.15) is 32.6 Å². The van der Waals surface area contributed by atoms with E-state index >= 15 is 0 Å². The van der Waals surface area contributed by atoms with Gasteiger partial charge in [0.15, 0.2) is 0 Å². The SMILES string of the molecule is CCC(=O)C(=O)N1CCCCC1. The fraction of sp³-hybridized carbons (Fsp3) is 0.778. The van der Waals surface area contributed by atoms with Gasteiger partial charge in [-0.2, -0.15) is 0 Å². The fourth-order valence-corrected chi connectivity index (χ4v) is 1.42. The van der Waals surface area contributed by atoms with E-state index in [1.807, 2.05) is 0 Å². The number of likely N-dealkylation sites (tertiary alicyclic amines) is 1. The van der Waals surface area contributed by atoms with E-state index in [1.54, 1.807) is 11.8 Å². The summed E-state index contributed by atoms with van der Waals surface area (Å²) in [6.07, 6.45) is 3.60. The minimum Gasteiger partial charge on any atom is -0.336 e. The molecule has 1 aliphatic heterocycles. The number of ketones is 1. The number of hydrogen-bond acceptors (Lipinski definition) is 2. The maximum absolute atomic E-state index is 11.3. The van der Waals surface area contributed by atoms with Gasteiger partial charge in [0.2, 0.25) is 5.78 Å². The smallest absolute Gasteiger partial charge is 0.289 e. The zero-order valence-electron chi connectivity index (χ0n) is 7.51. The Bertz CT molecular complexity index is 183. The molecule has 1 saturated heterocycles. The summed E-state index contributed by atoms with van der Waals surface area (Å²) in [6, 6.07) is 0. The van der Waals surface area contributed by atoms with Gasteiger partial charge >= 0.3 is 0 Å². The molecule has 0 aliphatic carbocycles. The van der Waals surface area contributed by atoms with Crippen LogP contribution in [-0.4, -0.2) is 29.7 Å². The summed E-state index contributed by atoms with van der Waals surface area (Å²) in [7, 11) is 0. The molecule has 0 saturated carbocycles. The summed E-state index contributed by atoms with van der Waals surface area (Å²) < 4.78 is 0. The molecule has 0 bridgehead atoms. The van der Waals surface area contributed by atoms with E-state index in [-0.39, 0.29) is 11.7 Å². The minimum absolute atomic E-state index is 0.253. The fourth-order valence-electron chi connectivity index (χ4n) is 1.42. The molecule has 0 spiro atoms. The topological polar surface area (TPSA) is 37.4 Å². The quantitative estimate of drug-likeness (QED) is 0.578. The Morgan fingerprint density at radius 3 is 2.25 bits per heavy atom. The van der Waals surface area contributed by atoms with Crippen molar-refractivity contribution in [1.82, 2.24) is 4.90 Å². The minimum atomic E-state index is -0.280. The summed E-state index contributed by atoms with van der Waals surface area (Å²) in [6.45, 7) is 3.26. The number of rotatable bonds is 2. The molecule has 12 heavy (non-hydrogen) atoms. The van der Waals surface area contributed by atoms with Crippen molar-refractivity contribution < 1.29 is 9.59 Å². The number of amides is 1. The molecule has 0 N–H and O–H groups in total. The zero-order chi connectivity index (χ0) is 8.97. The Morgan fingerprint density at radius 1 is 1.17 bits per heavy atom. The highest BCUT2D eigenvalue weighted by atomic mass is 16.2. The third-order valence-corrected chi connectivity index (χ3v) is 2.20. The molecule has 0 aromatic carbocycles. The van der Waals surface area contributed by atoms with Gasteiger partial charge < -0.3 is 4.90 Å². The van der Waals surface area contributed by atoms with E-state index in [2.05, 4.69) is 0 Å². The lowest BCUT2D eigenvalue weighted by atomic mass is 10.1. The molecule has 1 rings (SSSR count). The van der Waals surface area contributed by atoms with Crippen molar-refractivity contribution in [3.8, 4) is 0 Å². The number of carbonyl (C=O) groups excluding carboxylic acids is 2. The average molecular weight is 169 g/mol. The first-order valence-electron chi connectivity index (χ1n) is 4.57. The Balaban J connectivity index is 2.45. The maximum Gasteiger partial charge on any atom is 0.289 e. The molecule has 3 nitrogen and oxygen atoms in total. The second-order valence-corrected chi connectivity index (χ2v) is 3.13. The second kappa shape index (κ2) is 4.24. The molecule has 1 amide bonds. The molecule has 3 heteroatoms.